The number of anilines is 1. The molecule has 0 unspecified atom stereocenters. The summed E-state index contributed by atoms with van der Waals surface area (Å²) in [6.45, 7) is 0.0696. The Morgan fingerprint density at radius 3 is 2.48 bits per heavy atom. The van der Waals surface area contributed by atoms with Crippen LogP contribution in [0.25, 0.3) is 0 Å². The lowest BCUT2D eigenvalue weighted by Gasteiger charge is -2.07. The number of nitrogens with zero attached hydrogens (tertiary/aromatic N) is 2. The van der Waals surface area contributed by atoms with E-state index in [0.29, 0.717) is 5.56 Å². The van der Waals surface area contributed by atoms with E-state index >= 15 is 0 Å². The normalized spacial score (nSPS) is 11.3. The van der Waals surface area contributed by atoms with Crippen LogP contribution >= 0.6 is 0 Å². The predicted molar refractivity (Wildman–Crippen MR) is 75.1 cm³/mol. The Morgan fingerprint density at radius 2 is 1.86 bits per heavy atom. The first-order chi connectivity index (χ1) is 10.0. The van der Waals surface area contributed by atoms with Crippen molar-refractivity contribution in [3.63, 3.8) is 0 Å². The smallest absolute Gasteiger partial charge is 0.243 e. The van der Waals surface area contributed by atoms with Crippen molar-refractivity contribution < 1.29 is 12.8 Å². The minimum absolute atomic E-state index is 0.0696. The second kappa shape index (κ2) is 6.57. The van der Waals surface area contributed by atoms with Gasteiger partial charge in [-0.25, -0.2) is 33.3 Å². The van der Waals surface area contributed by atoms with Crippen LogP contribution in [-0.4, -0.2) is 24.9 Å². The van der Waals surface area contributed by atoms with Gasteiger partial charge in [0.25, 0.3) is 0 Å². The molecule has 0 radical (unpaired) electrons. The van der Waals surface area contributed by atoms with Gasteiger partial charge in [0.1, 0.15) is 10.7 Å². The van der Waals surface area contributed by atoms with Crippen molar-refractivity contribution in [1.29, 1.82) is 0 Å². The maximum Gasteiger partial charge on any atom is 0.243 e. The van der Waals surface area contributed by atoms with Gasteiger partial charge in [0.15, 0.2) is 0 Å². The van der Waals surface area contributed by atoms with Gasteiger partial charge >= 0.3 is 0 Å². The SMILES string of the molecule is NNc1ncc(S(=O)(=O)NCCc2ccccc2F)cn1. The predicted octanol–water partition coefficient (Wildman–Crippen LogP) is 0.422. The number of rotatable bonds is 6. The second-order valence-electron chi connectivity index (χ2n) is 4.13. The van der Waals surface area contributed by atoms with Crippen molar-refractivity contribution in [2.24, 2.45) is 5.84 Å². The molecule has 4 N–H and O–H groups in total. The molecule has 0 saturated carbocycles. The molecule has 21 heavy (non-hydrogen) atoms. The molecular formula is C12H14FN5O2S. The first-order valence-corrected chi connectivity index (χ1v) is 7.53. The van der Waals surface area contributed by atoms with Crippen LogP contribution in [0, 0.1) is 5.82 Å². The Balaban J connectivity index is 1.99. The lowest BCUT2D eigenvalue weighted by atomic mass is 10.1. The molecule has 0 aliphatic rings. The van der Waals surface area contributed by atoms with E-state index in [4.69, 9.17) is 5.84 Å². The minimum atomic E-state index is -3.73. The summed E-state index contributed by atoms with van der Waals surface area (Å²) in [6, 6.07) is 6.21. The van der Waals surface area contributed by atoms with Crippen LogP contribution in [-0.2, 0) is 16.4 Å². The quantitative estimate of drug-likeness (QED) is 0.527. The van der Waals surface area contributed by atoms with Gasteiger partial charge in [-0.2, -0.15) is 0 Å². The fourth-order valence-corrected chi connectivity index (χ4v) is 2.55. The summed E-state index contributed by atoms with van der Waals surface area (Å²) in [5.74, 6) is 4.84. The largest absolute Gasteiger partial charge is 0.292 e. The minimum Gasteiger partial charge on any atom is -0.292 e. The molecule has 2 aromatic rings. The van der Waals surface area contributed by atoms with E-state index in [2.05, 4.69) is 20.1 Å². The van der Waals surface area contributed by atoms with Gasteiger partial charge in [0, 0.05) is 6.54 Å². The Bertz CT molecular complexity index is 706. The van der Waals surface area contributed by atoms with Crippen molar-refractivity contribution in [2.45, 2.75) is 11.3 Å². The van der Waals surface area contributed by atoms with Gasteiger partial charge in [-0.3, -0.25) is 5.43 Å². The second-order valence-corrected chi connectivity index (χ2v) is 5.89. The molecule has 0 amide bonds. The zero-order valence-electron chi connectivity index (χ0n) is 11.0. The van der Waals surface area contributed by atoms with Gasteiger partial charge in [0.05, 0.1) is 12.4 Å². The number of aromatic nitrogens is 2. The van der Waals surface area contributed by atoms with E-state index in [9.17, 15) is 12.8 Å². The number of nitrogen functional groups attached to an aromatic ring is 1. The van der Waals surface area contributed by atoms with E-state index in [0.717, 1.165) is 12.4 Å². The molecule has 112 valence electrons. The number of hydrogen-bond donors (Lipinski definition) is 3. The summed E-state index contributed by atoms with van der Waals surface area (Å²) in [6.07, 6.45) is 2.51. The lowest BCUT2D eigenvalue weighted by Crippen LogP contribution is -2.26. The zero-order chi connectivity index (χ0) is 15.3. The summed E-state index contributed by atoms with van der Waals surface area (Å²) < 4.78 is 39.7. The van der Waals surface area contributed by atoms with Gasteiger partial charge in [0.2, 0.25) is 16.0 Å². The van der Waals surface area contributed by atoms with Crippen molar-refractivity contribution in [3.8, 4) is 0 Å². The van der Waals surface area contributed by atoms with Crippen LogP contribution in [0.4, 0.5) is 10.3 Å². The molecule has 1 aromatic carbocycles. The number of halogens is 1. The number of benzene rings is 1. The zero-order valence-corrected chi connectivity index (χ0v) is 11.8. The Hall–Kier alpha value is -2.10. The number of sulfonamides is 1. The van der Waals surface area contributed by atoms with E-state index in [1.807, 2.05) is 0 Å². The molecular weight excluding hydrogens is 297 g/mol. The van der Waals surface area contributed by atoms with E-state index in [-0.39, 0.29) is 29.6 Å². The first kappa shape index (κ1) is 15.3. The maximum absolute atomic E-state index is 13.4. The molecule has 9 heteroatoms. The summed E-state index contributed by atoms with van der Waals surface area (Å²) in [5.41, 5.74) is 2.64. The van der Waals surface area contributed by atoms with Crippen molar-refractivity contribution in [3.05, 3.63) is 48.0 Å². The fraction of sp³-hybridized carbons (Fsp3) is 0.167. The molecule has 0 spiro atoms. The van der Waals surface area contributed by atoms with Crippen LogP contribution in [0.3, 0.4) is 0 Å². The number of hydrazine groups is 1. The fourth-order valence-electron chi connectivity index (χ4n) is 1.63. The summed E-state index contributed by atoms with van der Waals surface area (Å²) in [4.78, 5) is 7.35. The molecule has 0 fully saturated rings. The molecule has 0 aliphatic carbocycles. The molecule has 0 aliphatic heterocycles. The number of hydrogen-bond acceptors (Lipinski definition) is 6. The highest BCUT2D eigenvalue weighted by Gasteiger charge is 2.15. The topological polar surface area (TPSA) is 110 Å². The third-order valence-corrected chi connectivity index (χ3v) is 4.13. The third-order valence-electron chi connectivity index (χ3n) is 2.71. The Labute approximate surface area is 121 Å². The van der Waals surface area contributed by atoms with Crippen LogP contribution in [0.5, 0.6) is 0 Å². The number of nitrogens with two attached hydrogens (primary N) is 1. The highest BCUT2D eigenvalue weighted by atomic mass is 32.2. The molecule has 1 aromatic heterocycles. The van der Waals surface area contributed by atoms with Crippen LogP contribution < -0.4 is 16.0 Å². The highest BCUT2D eigenvalue weighted by molar-refractivity contribution is 7.89. The van der Waals surface area contributed by atoms with Gasteiger partial charge in [-0.05, 0) is 18.1 Å². The van der Waals surface area contributed by atoms with Crippen molar-refractivity contribution in [1.82, 2.24) is 14.7 Å². The van der Waals surface area contributed by atoms with Gasteiger partial charge < -0.3 is 0 Å². The van der Waals surface area contributed by atoms with E-state index in [1.165, 1.54) is 6.07 Å². The van der Waals surface area contributed by atoms with Crippen molar-refractivity contribution in [2.75, 3.05) is 12.0 Å². The van der Waals surface area contributed by atoms with Crippen LogP contribution in [0.1, 0.15) is 5.56 Å². The maximum atomic E-state index is 13.4. The van der Waals surface area contributed by atoms with E-state index < -0.39 is 10.0 Å². The van der Waals surface area contributed by atoms with Crippen LogP contribution in [0.2, 0.25) is 0 Å². The summed E-state index contributed by atoms with van der Waals surface area (Å²) in [5, 5.41) is 0. The van der Waals surface area contributed by atoms with E-state index in [1.54, 1.807) is 18.2 Å². The number of nitrogens with one attached hydrogen (secondary N) is 2. The molecule has 0 atom stereocenters. The average molecular weight is 311 g/mol. The monoisotopic (exact) mass is 311 g/mol. The summed E-state index contributed by atoms with van der Waals surface area (Å²) >= 11 is 0. The summed E-state index contributed by atoms with van der Waals surface area (Å²) in [7, 11) is -3.73. The third kappa shape index (κ3) is 3.94. The molecule has 0 bridgehead atoms. The highest BCUT2D eigenvalue weighted by Crippen LogP contribution is 2.09. The first-order valence-electron chi connectivity index (χ1n) is 6.04. The van der Waals surface area contributed by atoms with Gasteiger partial charge in [-0.15, -0.1) is 0 Å². The molecule has 2 rings (SSSR count). The Morgan fingerprint density at radius 1 is 1.19 bits per heavy atom. The van der Waals surface area contributed by atoms with Crippen molar-refractivity contribution >= 4 is 16.0 Å². The molecule has 7 nitrogen and oxygen atoms in total. The molecule has 0 saturated heterocycles. The van der Waals surface area contributed by atoms with Crippen LogP contribution in [0.15, 0.2) is 41.6 Å². The van der Waals surface area contributed by atoms with Gasteiger partial charge in [-0.1, -0.05) is 18.2 Å². The molecule has 1 heterocycles. The Kier molecular flexibility index (Phi) is 4.78. The lowest BCUT2D eigenvalue weighted by molar-refractivity contribution is 0.576. The standard InChI is InChI=1S/C12H14FN5O2S/c13-11-4-2-1-3-9(11)5-6-17-21(19,20)10-7-15-12(18-14)16-8-10/h1-4,7-8,17H,5-6,14H2,(H,15,16,18). The average Bonchev–Trinajstić information content (AvgIpc) is 2.49.